The molecule has 1 unspecified atom stereocenters. The van der Waals surface area contributed by atoms with E-state index in [1.54, 1.807) is 13.2 Å². The number of hydrogen-bond acceptors (Lipinski definition) is 4. The third kappa shape index (κ3) is 4.32. The fourth-order valence-electron chi connectivity index (χ4n) is 1.72. The lowest BCUT2D eigenvalue weighted by molar-refractivity contribution is 0.182. The monoisotopic (exact) mass is 251 g/mol. The van der Waals surface area contributed by atoms with Gasteiger partial charge >= 0.3 is 0 Å². The Morgan fingerprint density at radius 3 is 2.94 bits per heavy atom. The first kappa shape index (κ1) is 14.4. The Labute approximate surface area is 107 Å². The molecule has 98 valence electrons. The number of nitriles is 1. The van der Waals surface area contributed by atoms with Gasteiger partial charge in [-0.1, -0.05) is 0 Å². The molecular formula is C13H18FN3O. The first-order valence-corrected chi connectivity index (χ1v) is 5.86. The zero-order chi connectivity index (χ0) is 13.4. The molecule has 3 N–H and O–H groups in total. The molecule has 0 amide bonds. The fourth-order valence-corrected chi connectivity index (χ4v) is 1.72. The van der Waals surface area contributed by atoms with Crippen molar-refractivity contribution < 1.29 is 9.13 Å². The zero-order valence-electron chi connectivity index (χ0n) is 10.4. The number of benzene rings is 1. The van der Waals surface area contributed by atoms with Crippen molar-refractivity contribution in [2.45, 2.75) is 18.9 Å². The zero-order valence-corrected chi connectivity index (χ0v) is 10.4. The standard InChI is InChI=1S/C13H18FN3O/c1-18-9-12(3-2-6-15)17-13-5-4-11(14)7-10(13)8-16/h4-5,7,12,17H,2-3,6,9,15H2,1H3. The van der Waals surface area contributed by atoms with Crippen molar-refractivity contribution in [1.82, 2.24) is 0 Å². The van der Waals surface area contributed by atoms with Crippen LogP contribution in [0.1, 0.15) is 18.4 Å². The summed E-state index contributed by atoms with van der Waals surface area (Å²) in [5.41, 5.74) is 6.39. The molecule has 1 rings (SSSR count). The molecule has 4 nitrogen and oxygen atoms in total. The first-order valence-electron chi connectivity index (χ1n) is 5.86. The summed E-state index contributed by atoms with van der Waals surface area (Å²) >= 11 is 0. The molecular weight excluding hydrogens is 233 g/mol. The Bertz CT molecular complexity index is 417. The maximum absolute atomic E-state index is 13.0. The second kappa shape index (κ2) is 7.64. The van der Waals surface area contributed by atoms with Crippen LogP contribution in [0.25, 0.3) is 0 Å². The number of halogens is 1. The minimum absolute atomic E-state index is 0.0658. The average molecular weight is 251 g/mol. The maximum atomic E-state index is 13.0. The van der Waals surface area contributed by atoms with Crippen LogP contribution in [0.5, 0.6) is 0 Å². The van der Waals surface area contributed by atoms with E-state index in [0.29, 0.717) is 24.4 Å². The summed E-state index contributed by atoms with van der Waals surface area (Å²) < 4.78 is 18.1. The number of nitrogens with one attached hydrogen (secondary N) is 1. The summed E-state index contributed by atoms with van der Waals surface area (Å²) in [5.74, 6) is -0.414. The molecule has 0 bridgehead atoms. The number of hydrogen-bond donors (Lipinski definition) is 2. The van der Waals surface area contributed by atoms with Crippen molar-refractivity contribution in [3.05, 3.63) is 29.6 Å². The smallest absolute Gasteiger partial charge is 0.124 e. The van der Waals surface area contributed by atoms with Crippen LogP contribution in [0.4, 0.5) is 10.1 Å². The lowest BCUT2D eigenvalue weighted by Crippen LogP contribution is -2.26. The number of anilines is 1. The van der Waals surface area contributed by atoms with Crippen molar-refractivity contribution in [1.29, 1.82) is 5.26 Å². The van der Waals surface area contributed by atoms with Crippen LogP contribution < -0.4 is 11.1 Å². The summed E-state index contributed by atoms with van der Waals surface area (Å²) in [6.45, 7) is 1.12. The van der Waals surface area contributed by atoms with E-state index in [-0.39, 0.29) is 6.04 Å². The predicted molar refractivity (Wildman–Crippen MR) is 68.7 cm³/mol. The maximum Gasteiger partial charge on any atom is 0.124 e. The average Bonchev–Trinajstić information content (AvgIpc) is 2.38. The SMILES string of the molecule is COCC(CCCN)Nc1ccc(F)cc1C#N. The molecule has 1 aromatic rings. The molecule has 18 heavy (non-hydrogen) atoms. The molecule has 0 fully saturated rings. The van der Waals surface area contributed by atoms with Gasteiger partial charge < -0.3 is 15.8 Å². The van der Waals surface area contributed by atoms with Gasteiger partial charge in [-0.2, -0.15) is 5.26 Å². The van der Waals surface area contributed by atoms with Gasteiger partial charge in [0.15, 0.2) is 0 Å². The molecule has 0 saturated carbocycles. The van der Waals surface area contributed by atoms with E-state index in [2.05, 4.69) is 5.32 Å². The normalized spacial score (nSPS) is 11.9. The third-order valence-corrected chi connectivity index (χ3v) is 2.59. The van der Waals surface area contributed by atoms with Crippen LogP contribution in [0.15, 0.2) is 18.2 Å². The van der Waals surface area contributed by atoms with Crippen LogP contribution in [0.2, 0.25) is 0 Å². The van der Waals surface area contributed by atoms with E-state index >= 15 is 0 Å². The van der Waals surface area contributed by atoms with Gasteiger partial charge in [0, 0.05) is 13.2 Å². The molecule has 0 aromatic heterocycles. The minimum atomic E-state index is -0.414. The van der Waals surface area contributed by atoms with E-state index in [0.717, 1.165) is 12.8 Å². The van der Waals surface area contributed by atoms with Gasteiger partial charge in [-0.3, -0.25) is 0 Å². The molecule has 1 aromatic carbocycles. The topological polar surface area (TPSA) is 71.1 Å². The number of ether oxygens (including phenoxy) is 1. The van der Waals surface area contributed by atoms with Crippen LogP contribution in [0.3, 0.4) is 0 Å². The highest BCUT2D eigenvalue weighted by Gasteiger charge is 2.11. The van der Waals surface area contributed by atoms with E-state index in [4.69, 9.17) is 15.7 Å². The number of nitrogens with two attached hydrogens (primary N) is 1. The Morgan fingerprint density at radius 2 is 2.33 bits per heavy atom. The minimum Gasteiger partial charge on any atom is -0.383 e. The summed E-state index contributed by atoms with van der Waals surface area (Å²) in [4.78, 5) is 0. The van der Waals surface area contributed by atoms with Crippen molar-refractivity contribution >= 4 is 5.69 Å². The Balaban J connectivity index is 2.76. The van der Waals surface area contributed by atoms with E-state index in [1.807, 2.05) is 6.07 Å². The molecule has 1 atom stereocenters. The molecule has 0 heterocycles. The van der Waals surface area contributed by atoms with Gasteiger partial charge in [0.05, 0.1) is 17.9 Å². The first-order chi connectivity index (χ1) is 8.71. The Morgan fingerprint density at radius 1 is 1.56 bits per heavy atom. The van der Waals surface area contributed by atoms with Crippen LogP contribution in [0, 0.1) is 17.1 Å². The molecule has 0 radical (unpaired) electrons. The van der Waals surface area contributed by atoms with Crippen LogP contribution in [-0.4, -0.2) is 26.3 Å². The van der Waals surface area contributed by atoms with E-state index in [1.165, 1.54) is 12.1 Å². The van der Waals surface area contributed by atoms with E-state index < -0.39 is 5.82 Å². The number of nitrogens with zero attached hydrogens (tertiary/aromatic N) is 1. The fraction of sp³-hybridized carbons (Fsp3) is 0.462. The summed E-state index contributed by atoms with van der Waals surface area (Å²) in [6, 6.07) is 6.15. The second-order valence-corrected chi connectivity index (χ2v) is 4.03. The molecule has 0 spiro atoms. The number of rotatable bonds is 7. The lowest BCUT2D eigenvalue weighted by Gasteiger charge is -2.19. The highest BCUT2D eigenvalue weighted by Crippen LogP contribution is 2.18. The van der Waals surface area contributed by atoms with Gasteiger partial charge in [0.1, 0.15) is 11.9 Å². The summed E-state index contributed by atoms with van der Waals surface area (Å²) in [6.07, 6.45) is 1.71. The quantitative estimate of drug-likeness (QED) is 0.776. The summed E-state index contributed by atoms with van der Waals surface area (Å²) in [5, 5.41) is 12.1. The second-order valence-electron chi connectivity index (χ2n) is 4.03. The van der Waals surface area contributed by atoms with E-state index in [9.17, 15) is 4.39 Å². The molecule has 5 heteroatoms. The Kier molecular flexibility index (Phi) is 6.12. The van der Waals surface area contributed by atoms with Crippen LogP contribution in [-0.2, 0) is 4.74 Å². The third-order valence-electron chi connectivity index (χ3n) is 2.59. The highest BCUT2D eigenvalue weighted by atomic mass is 19.1. The van der Waals surface area contributed by atoms with Crippen molar-refractivity contribution in [3.8, 4) is 6.07 Å². The number of methoxy groups -OCH3 is 1. The Hall–Kier alpha value is -1.64. The van der Waals surface area contributed by atoms with Crippen LogP contribution >= 0.6 is 0 Å². The van der Waals surface area contributed by atoms with Crippen molar-refractivity contribution in [2.75, 3.05) is 25.6 Å². The largest absolute Gasteiger partial charge is 0.383 e. The highest BCUT2D eigenvalue weighted by molar-refractivity contribution is 5.57. The van der Waals surface area contributed by atoms with Gasteiger partial charge in [-0.05, 0) is 37.6 Å². The molecule has 0 aliphatic rings. The molecule has 0 saturated heterocycles. The van der Waals surface area contributed by atoms with Gasteiger partial charge in [0.25, 0.3) is 0 Å². The molecule has 0 aliphatic carbocycles. The predicted octanol–water partition coefficient (Wildman–Crippen LogP) is 1.86. The lowest BCUT2D eigenvalue weighted by atomic mass is 10.1. The van der Waals surface area contributed by atoms with Crippen molar-refractivity contribution in [2.24, 2.45) is 5.73 Å². The summed E-state index contributed by atoms with van der Waals surface area (Å²) in [7, 11) is 1.62. The molecule has 0 aliphatic heterocycles. The van der Waals surface area contributed by atoms with Crippen molar-refractivity contribution in [3.63, 3.8) is 0 Å². The van der Waals surface area contributed by atoms with Gasteiger partial charge in [-0.15, -0.1) is 0 Å². The van der Waals surface area contributed by atoms with Gasteiger partial charge in [-0.25, -0.2) is 4.39 Å². The van der Waals surface area contributed by atoms with Gasteiger partial charge in [0.2, 0.25) is 0 Å².